The van der Waals surface area contributed by atoms with Crippen LogP contribution < -0.4 is 16.0 Å². The minimum atomic E-state index is -0.393. The standard InChI is InChI=1S/C25H23N5O3/c1-33-21-12-6-11-20(13-21)29-23-22(24(31)30(25(29)32)19-9-4-5-10-19)28(16-27-23)15-18-8-3-2-7-17(18)14-26/h2-3,6-8,11-13,16,19H,4-5,9-10,15H2,1H3. The summed E-state index contributed by atoms with van der Waals surface area (Å²) in [5.74, 6) is 0.605. The van der Waals surface area contributed by atoms with Crippen LogP contribution in [0.4, 0.5) is 0 Å². The van der Waals surface area contributed by atoms with Crippen LogP contribution in [0, 0.1) is 11.3 Å². The summed E-state index contributed by atoms with van der Waals surface area (Å²) in [5, 5.41) is 9.48. The summed E-state index contributed by atoms with van der Waals surface area (Å²) >= 11 is 0. The highest BCUT2D eigenvalue weighted by molar-refractivity contribution is 5.73. The van der Waals surface area contributed by atoms with Gasteiger partial charge in [-0.3, -0.25) is 9.36 Å². The molecule has 1 saturated carbocycles. The molecule has 5 rings (SSSR count). The molecule has 1 fully saturated rings. The summed E-state index contributed by atoms with van der Waals surface area (Å²) in [4.78, 5) is 31.8. The van der Waals surface area contributed by atoms with Crippen molar-refractivity contribution in [2.75, 3.05) is 7.11 Å². The van der Waals surface area contributed by atoms with Gasteiger partial charge in [-0.2, -0.15) is 5.26 Å². The Morgan fingerprint density at radius 2 is 1.91 bits per heavy atom. The van der Waals surface area contributed by atoms with E-state index in [0.29, 0.717) is 34.7 Å². The maximum atomic E-state index is 13.7. The summed E-state index contributed by atoms with van der Waals surface area (Å²) in [5.41, 5.74) is 1.81. The molecule has 0 saturated heterocycles. The molecule has 0 unspecified atom stereocenters. The lowest BCUT2D eigenvalue weighted by Gasteiger charge is -2.17. The van der Waals surface area contributed by atoms with Crippen LogP contribution in [0.1, 0.15) is 42.9 Å². The number of aromatic nitrogens is 4. The Bertz CT molecular complexity index is 1500. The molecule has 2 aromatic heterocycles. The van der Waals surface area contributed by atoms with Gasteiger partial charge in [0.15, 0.2) is 11.2 Å². The molecule has 166 valence electrons. The van der Waals surface area contributed by atoms with E-state index in [2.05, 4.69) is 11.1 Å². The molecule has 0 N–H and O–H groups in total. The van der Waals surface area contributed by atoms with E-state index in [9.17, 15) is 14.9 Å². The first-order valence-electron chi connectivity index (χ1n) is 11.0. The van der Waals surface area contributed by atoms with E-state index >= 15 is 0 Å². The molecule has 8 nitrogen and oxygen atoms in total. The van der Waals surface area contributed by atoms with Crippen LogP contribution >= 0.6 is 0 Å². The van der Waals surface area contributed by atoms with Crippen LogP contribution in [0.3, 0.4) is 0 Å². The van der Waals surface area contributed by atoms with Gasteiger partial charge < -0.3 is 9.30 Å². The Balaban J connectivity index is 1.79. The number of nitrogens with zero attached hydrogens (tertiary/aromatic N) is 5. The van der Waals surface area contributed by atoms with Crippen LogP contribution in [-0.2, 0) is 6.54 Å². The number of methoxy groups -OCH3 is 1. The summed E-state index contributed by atoms with van der Waals surface area (Å²) in [6.45, 7) is 0.302. The van der Waals surface area contributed by atoms with Gasteiger partial charge in [-0.15, -0.1) is 0 Å². The molecule has 33 heavy (non-hydrogen) atoms. The van der Waals surface area contributed by atoms with Gasteiger partial charge in [0.25, 0.3) is 5.56 Å². The van der Waals surface area contributed by atoms with Crippen LogP contribution in [0.2, 0.25) is 0 Å². The smallest absolute Gasteiger partial charge is 0.337 e. The zero-order chi connectivity index (χ0) is 22.9. The molecule has 1 aliphatic carbocycles. The number of imidazole rings is 1. The van der Waals surface area contributed by atoms with Gasteiger partial charge in [0.1, 0.15) is 5.75 Å². The van der Waals surface area contributed by atoms with E-state index in [4.69, 9.17) is 4.74 Å². The number of hydrogen-bond acceptors (Lipinski definition) is 5. The number of nitriles is 1. The lowest BCUT2D eigenvalue weighted by molar-refractivity contribution is 0.414. The van der Waals surface area contributed by atoms with Crippen molar-refractivity contribution in [2.24, 2.45) is 0 Å². The fourth-order valence-electron chi connectivity index (χ4n) is 4.69. The van der Waals surface area contributed by atoms with Crippen LogP contribution in [0.15, 0.2) is 64.4 Å². The van der Waals surface area contributed by atoms with E-state index in [1.807, 2.05) is 18.2 Å². The van der Waals surface area contributed by atoms with Gasteiger partial charge in [-0.25, -0.2) is 14.3 Å². The number of ether oxygens (including phenoxy) is 1. The van der Waals surface area contributed by atoms with Crippen molar-refractivity contribution in [3.05, 3.63) is 86.8 Å². The summed E-state index contributed by atoms with van der Waals surface area (Å²) in [6, 6.07) is 16.5. The highest BCUT2D eigenvalue weighted by atomic mass is 16.5. The van der Waals surface area contributed by atoms with E-state index in [-0.39, 0.29) is 11.6 Å². The van der Waals surface area contributed by atoms with Crippen molar-refractivity contribution in [3.8, 4) is 17.5 Å². The minimum absolute atomic E-state index is 0.138. The maximum Gasteiger partial charge on any atom is 0.337 e. The fraction of sp³-hybridized carbons (Fsp3) is 0.280. The van der Waals surface area contributed by atoms with E-state index in [1.54, 1.807) is 48.3 Å². The molecule has 4 aromatic rings. The van der Waals surface area contributed by atoms with Gasteiger partial charge in [-0.05, 0) is 36.6 Å². The minimum Gasteiger partial charge on any atom is -0.497 e. The molecule has 0 bridgehead atoms. The molecule has 0 radical (unpaired) electrons. The Hall–Kier alpha value is -4.12. The van der Waals surface area contributed by atoms with Crippen LogP contribution in [-0.4, -0.2) is 25.8 Å². The SMILES string of the molecule is COc1cccc(-n2c(=O)n(C3CCCC3)c(=O)c3c2ncn3Cc2ccccc2C#N)c1. The van der Waals surface area contributed by atoms with E-state index in [0.717, 1.165) is 31.2 Å². The van der Waals surface area contributed by atoms with Crippen molar-refractivity contribution in [1.82, 2.24) is 18.7 Å². The first kappa shape index (κ1) is 20.8. The third-order valence-electron chi connectivity index (χ3n) is 6.33. The second kappa shape index (κ2) is 8.43. The molecule has 0 amide bonds. The second-order valence-corrected chi connectivity index (χ2v) is 8.25. The molecular formula is C25H23N5O3. The largest absolute Gasteiger partial charge is 0.497 e. The van der Waals surface area contributed by atoms with Crippen molar-refractivity contribution >= 4 is 11.2 Å². The average molecular weight is 441 g/mol. The van der Waals surface area contributed by atoms with Crippen molar-refractivity contribution in [3.63, 3.8) is 0 Å². The predicted octanol–water partition coefficient (Wildman–Crippen LogP) is 3.39. The molecular weight excluding hydrogens is 418 g/mol. The Morgan fingerprint density at radius 1 is 1.12 bits per heavy atom. The Labute approximate surface area is 189 Å². The third-order valence-corrected chi connectivity index (χ3v) is 6.33. The molecule has 0 spiro atoms. The highest BCUT2D eigenvalue weighted by Crippen LogP contribution is 2.28. The monoisotopic (exact) mass is 441 g/mol. The predicted molar refractivity (Wildman–Crippen MR) is 124 cm³/mol. The Kier molecular flexibility index (Phi) is 5.31. The second-order valence-electron chi connectivity index (χ2n) is 8.25. The lowest BCUT2D eigenvalue weighted by atomic mass is 10.1. The third kappa shape index (κ3) is 3.52. The van der Waals surface area contributed by atoms with Crippen LogP contribution in [0.5, 0.6) is 5.75 Å². The number of benzene rings is 2. The average Bonchev–Trinajstić information content (AvgIpc) is 3.50. The molecule has 0 atom stereocenters. The highest BCUT2D eigenvalue weighted by Gasteiger charge is 2.26. The summed E-state index contributed by atoms with van der Waals surface area (Å²) < 4.78 is 9.97. The van der Waals surface area contributed by atoms with Crippen molar-refractivity contribution in [2.45, 2.75) is 38.3 Å². The topological polar surface area (TPSA) is 94.8 Å². The maximum absolute atomic E-state index is 13.7. The Morgan fingerprint density at radius 3 is 2.67 bits per heavy atom. The first-order chi connectivity index (χ1) is 16.1. The zero-order valence-corrected chi connectivity index (χ0v) is 18.3. The summed E-state index contributed by atoms with van der Waals surface area (Å²) in [7, 11) is 1.57. The van der Waals surface area contributed by atoms with Crippen LogP contribution in [0.25, 0.3) is 16.9 Å². The van der Waals surface area contributed by atoms with Gasteiger partial charge in [0, 0.05) is 12.1 Å². The van der Waals surface area contributed by atoms with Gasteiger partial charge in [-0.1, -0.05) is 37.1 Å². The molecule has 1 aliphatic rings. The van der Waals surface area contributed by atoms with Gasteiger partial charge >= 0.3 is 5.69 Å². The number of hydrogen-bond donors (Lipinski definition) is 0. The van der Waals surface area contributed by atoms with Crippen molar-refractivity contribution < 1.29 is 4.74 Å². The normalized spacial score (nSPS) is 13.9. The molecule has 2 heterocycles. The van der Waals surface area contributed by atoms with E-state index < -0.39 is 5.69 Å². The molecule has 0 aliphatic heterocycles. The quantitative estimate of drug-likeness (QED) is 0.473. The fourth-order valence-corrected chi connectivity index (χ4v) is 4.69. The zero-order valence-electron chi connectivity index (χ0n) is 18.3. The van der Waals surface area contributed by atoms with E-state index in [1.165, 1.54) is 9.13 Å². The van der Waals surface area contributed by atoms with Crippen molar-refractivity contribution in [1.29, 1.82) is 5.26 Å². The number of rotatable bonds is 5. The molecule has 2 aromatic carbocycles. The van der Waals surface area contributed by atoms with Gasteiger partial charge in [0.05, 0.1) is 37.3 Å². The lowest BCUT2D eigenvalue weighted by Crippen LogP contribution is -2.41. The van der Waals surface area contributed by atoms with Gasteiger partial charge in [0.2, 0.25) is 0 Å². The number of fused-ring (bicyclic) bond motifs is 1. The molecule has 8 heteroatoms. The summed E-state index contributed by atoms with van der Waals surface area (Å²) in [6.07, 6.45) is 5.13. The first-order valence-corrected chi connectivity index (χ1v) is 11.0.